The standard InChI is InChI=1S/C14H25N3/c1-5-7-8-12(6-2)16-13-9-10-14(15-11-13)17(3)4/h9-12,16H,5-8H2,1-4H3. The van der Waals surface area contributed by atoms with Crippen molar-refractivity contribution in [2.24, 2.45) is 0 Å². The average molecular weight is 235 g/mol. The molecular weight excluding hydrogens is 210 g/mol. The fraction of sp³-hybridized carbons (Fsp3) is 0.643. The Balaban J connectivity index is 2.54. The highest BCUT2D eigenvalue weighted by Gasteiger charge is 2.05. The summed E-state index contributed by atoms with van der Waals surface area (Å²) in [6.07, 6.45) is 6.87. The highest BCUT2D eigenvalue weighted by molar-refractivity contribution is 5.48. The number of nitrogens with zero attached hydrogens (tertiary/aromatic N) is 2. The van der Waals surface area contributed by atoms with Crippen LogP contribution in [0.2, 0.25) is 0 Å². The molecule has 3 nitrogen and oxygen atoms in total. The van der Waals surface area contributed by atoms with E-state index in [-0.39, 0.29) is 0 Å². The molecule has 1 aromatic rings. The Morgan fingerprint density at radius 3 is 2.53 bits per heavy atom. The molecule has 0 bridgehead atoms. The molecule has 1 atom stereocenters. The molecule has 0 spiro atoms. The van der Waals surface area contributed by atoms with Gasteiger partial charge >= 0.3 is 0 Å². The SMILES string of the molecule is CCCCC(CC)Nc1ccc(N(C)C)nc1. The summed E-state index contributed by atoms with van der Waals surface area (Å²) in [6.45, 7) is 4.47. The Labute approximate surface area is 105 Å². The lowest BCUT2D eigenvalue weighted by atomic mass is 10.1. The van der Waals surface area contributed by atoms with E-state index in [0.717, 1.165) is 17.9 Å². The lowest BCUT2D eigenvalue weighted by molar-refractivity contribution is 0.593. The molecule has 0 aliphatic rings. The van der Waals surface area contributed by atoms with E-state index in [1.807, 2.05) is 25.2 Å². The lowest BCUT2D eigenvalue weighted by Gasteiger charge is -2.18. The number of unbranched alkanes of at least 4 members (excludes halogenated alkanes) is 1. The second-order valence-corrected chi connectivity index (χ2v) is 4.69. The number of rotatable bonds is 7. The second kappa shape index (κ2) is 7.15. The zero-order chi connectivity index (χ0) is 12.7. The second-order valence-electron chi connectivity index (χ2n) is 4.69. The van der Waals surface area contributed by atoms with Crippen LogP contribution in [0.4, 0.5) is 11.5 Å². The van der Waals surface area contributed by atoms with Crippen molar-refractivity contribution in [2.45, 2.75) is 45.6 Å². The quantitative estimate of drug-likeness (QED) is 0.783. The van der Waals surface area contributed by atoms with Crippen LogP contribution in [0.15, 0.2) is 18.3 Å². The van der Waals surface area contributed by atoms with Crippen molar-refractivity contribution in [3.63, 3.8) is 0 Å². The van der Waals surface area contributed by atoms with Gasteiger partial charge in [-0.2, -0.15) is 0 Å². The first-order valence-electron chi connectivity index (χ1n) is 6.57. The Kier molecular flexibility index (Phi) is 5.81. The first-order chi connectivity index (χ1) is 8.17. The van der Waals surface area contributed by atoms with Gasteiger partial charge in [0.1, 0.15) is 5.82 Å². The van der Waals surface area contributed by atoms with E-state index in [2.05, 4.69) is 36.3 Å². The summed E-state index contributed by atoms with van der Waals surface area (Å²) < 4.78 is 0. The van der Waals surface area contributed by atoms with Crippen LogP contribution in [0.3, 0.4) is 0 Å². The zero-order valence-electron chi connectivity index (χ0n) is 11.5. The first kappa shape index (κ1) is 13.8. The molecule has 0 radical (unpaired) electrons. The monoisotopic (exact) mass is 235 g/mol. The predicted molar refractivity (Wildman–Crippen MR) is 75.8 cm³/mol. The molecule has 0 aromatic carbocycles. The van der Waals surface area contributed by atoms with Gasteiger partial charge in [0.05, 0.1) is 11.9 Å². The largest absolute Gasteiger partial charge is 0.381 e. The van der Waals surface area contributed by atoms with E-state index < -0.39 is 0 Å². The Bertz CT molecular complexity index is 306. The molecule has 1 heterocycles. The minimum Gasteiger partial charge on any atom is -0.381 e. The summed E-state index contributed by atoms with van der Waals surface area (Å²) in [7, 11) is 4.01. The van der Waals surface area contributed by atoms with E-state index in [9.17, 15) is 0 Å². The van der Waals surface area contributed by atoms with E-state index in [4.69, 9.17) is 0 Å². The molecule has 1 rings (SSSR count). The molecule has 0 saturated heterocycles. The molecule has 0 aliphatic carbocycles. The summed E-state index contributed by atoms with van der Waals surface area (Å²) >= 11 is 0. The zero-order valence-corrected chi connectivity index (χ0v) is 11.5. The van der Waals surface area contributed by atoms with Gasteiger partial charge in [0.2, 0.25) is 0 Å². The van der Waals surface area contributed by atoms with Crippen LogP contribution in [0.1, 0.15) is 39.5 Å². The fourth-order valence-corrected chi connectivity index (χ4v) is 1.80. The molecule has 0 saturated carbocycles. The van der Waals surface area contributed by atoms with Crippen LogP contribution in [0, 0.1) is 0 Å². The van der Waals surface area contributed by atoms with E-state index in [1.165, 1.54) is 19.3 Å². The van der Waals surface area contributed by atoms with Crippen LogP contribution in [0.5, 0.6) is 0 Å². The van der Waals surface area contributed by atoms with Gasteiger partial charge in [-0.25, -0.2) is 4.98 Å². The van der Waals surface area contributed by atoms with Crippen molar-refractivity contribution >= 4 is 11.5 Å². The number of anilines is 2. The lowest BCUT2D eigenvalue weighted by Crippen LogP contribution is -2.18. The normalized spacial score (nSPS) is 12.2. The molecule has 0 fully saturated rings. The van der Waals surface area contributed by atoms with Crippen LogP contribution >= 0.6 is 0 Å². The van der Waals surface area contributed by atoms with Gasteiger partial charge in [0.25, 0.3) is 0 Å². The number of hydrogen-bond donors (Lipinski definition) is 1. The molecule has 1 unspecified atom stereocenters. The molecule has 1 N–H and O–H groups in total. The maximum Gasteiger partial charge on any atom is 0.128 e. The van der Waals surface area contributed by atoms with Crippen molar-refractivity contribution in [1.82, 2.24) is 4.98 Å². The third-order valence-corrected chi connectivity index (χ3v) is 2.98. The Hall–Kier alpha value is -1.25. The van der Waals surface area contributed by atoms with Gasteiger partial charge in [-0.1, -0.05) is 26.7 Å². The highest BCUT2D eigenvalue weighted by atomic mass is 15.1. The van der Waals surface area contributed by atoms with Crippen LogP contribution in [-0.2, 0) is 0 Å². The summed E-state index contributed by atoms with van der Waals surface area (Å²) in [5.74, 6) is 0.997. The van der Waals surface area contributed by atoms with Crippen LogP contribution in [0.25, 0.3) is 0 Å². The van der Waals surface area contributed by atoms with Gasteiger partial charge in [-0.15, -0.1) is 0 Å². The van der Waals surface area contributed by atoms with Crippen molar-refractivity contribution in [2.75, 3.05) is 24.3 Å². The summed E-state index contributed by atoms with van der Waals surface area (Å²) in [6, 6.07) is 4.73. The average Bonchev–Trinajstić information content (AvgIpc) is 2.35. The van der Waals surface area contributed by atoms with Gasteiger partial charge in [0.15, 0.2) is 0 Å². The number of pyridine rings is 1. The van der Waals surface area contributed by atoms with Crippen molar-refractivity contribution in [3.05, 3.63) is 18.3 Å². The van der Waals surface area contributed by atoms with Gasteiger partial charge in [0, 0.05) is 20.1 Å². The maximum absolute atomic E-state index is 4.41. The van der Waals surface area contributed by atoms with E-state index >= 15 is 0 Å². The van der Waals surface area contributed by atoms with E-state index in [0.29, 0.717) is 6.04 Å². The third kappa shape index (κ3) is 4.63. The molecule has 96 valence electrons. The molecule has 17 heavy (non-hydrogen) atoms. The van der Waals surface area contributed by atoms with Gasteiger partial charge in [-0.3, -0.25) is 0 Å². The molecule has 0 aliphatic heterocycles. The predicted octanol–water partition coefficient (Wildman–Crippen LogP) is 3.53. The highest BCUT2D eigenvalue weighted by Crippen LogP contribution is 2.15. The maximum atomic E-state index is 4.41. The Morgan fingerprint density at radius 1 is 1.29 bits per heavy atom. The van der Waals surface area contributed by atoms with Gasteiger partial charge in [-0.05, 0) is 25.0 Å². The minimum atomic E-state index is 0.571. The van der Waals surface area contributed by atoms with Crippen molar-refractivity contribution < 1.29 is 0 Å². The van der Waals surface area contributed by atoms with Crippen LogP contribution in [-0.4, -0.2) is 25.1 Å². The summed E-state index contributed by atoms with van der Waals surface area (Å²) in [5.41, 5.74) is 1.12. The van der Waals surface area contributed by atoms with Crippen LogP contribution < -0.4 is 10.2 Å². The fourth-order valence-electron chi connectivity index (χ4n) is 1.80. The first-order valence-corrected chi connectivity index (χ1v) is 6.57. The minimum absolute atomic E-state index is 0.571. The summed E-state index contributed by atoms with van der Waals surface area (Å²) in [5, 5.41) is 3.55. The number of aromatic nitrogens is 1. The Morgan fingerprint density at radius 2 is 2.06 bits per heavy atom. The smallest absolute Gasteiger partial charge is 0.128 e. The molecule has 3 heteroatoms. The van der Waals surface area contributed by atoms with E-state index in [1.54, 1.807) is 0 Å². The molecular formula is C14H25N3. The molecule has 0 amide bonds. The van der Waals surface area contributed by atoms with Crippen molar-refractivity contribution in [1.29, 1.82) is 0 Å². The third-order valence-electron chi connectivity index (χ3n) is 2.98. The van der Waals surface area contributed by atoms with Gasteiger partial charge < -0.3 is 10.2 Å². The number of hydrogen-bond acceptors (Lipinski definition) is 3. The van der Waals surface area contributed by atoms with Crippen molar-refractivity contribution in [3.8, 4) is 0 Å². The summed E-state index contributed by atoms with van der Waals surface area (Å²) in [4.78, 5) is 6.42. The number of nitrogens with one attached hydrogen (secondary N) is 1. The topological polar surface area (TPSA) is 28.2 Å². The molecule has 1 aromatic heterocycles.